The molecule has 0 aromatic heterocycles. The van der Waals surface area contributed by atoms with Crippen molar-refractivity contribution in [2.75, 3.05) is 26.7 Å². The lowest BCUT2D eigenvalue weighted by Crippen LogP contribution is -2.25. The zero-order valence-electron chi connectivity index (χ0n) is 7.53. The lowest BCUT2D eigenvalue weighted by molar-refractivity contribution is 0.584. The first-order valence-electron chi connectivity index (χ1n) is 4.79. The molecule has 0 aromatic carbocycles. The van der Waals surface area contributed by atoms with E-state index in [0.717, 1.165) is 19.0 Å². The van der Waals surface area contributed by atoms with Crippen LogP contribution in [0.25, 0.3) is 0 Å². The zero-order chi connectivity index (χ0) is 7.94. The molecule has 2 nitrogen and oxygen atoms in total. The summed E-state index contributed by atoms with van der Waals surface area (Å²) >= 11 is 0. The molecule has 0 saturated heterocycles. The second-order valence-electron chi connectivity index (χ2n) is 3.44. The van der Waals surface area contributed by atoms with Gasteiger partial charge in [-0.25, -0.2) is 0 Å². The summed E-state index contributed by atoms with van der Waals surface area (Å²) in [5.41, 5.74) is 0. The molecular formula is C9H20N2. The molecule has 1 fully saturated rings. The van der Waals surface area contributed by atoms with Crippen molar-refractivity contribution in [2.24, 2.45) is 5.92 Å². The Morgan fingerprint density at radius 2 is 2.00 bits per heavy atom. The van der Waals surface area contributed by atoms with Gasteiger partial charge in [-0.05, 0) is 32.4 Å². The maximum atomic E-state index is 3.41. The number of hydrogen-bond acceptors (Lipinski definition) is 2. The lowest BCUT2D eigenvalue weighted by Gasteiger charge is -2.02. The molecule has 0 atom stereocenters. The maximum Gasteiger partial charge on any atom is 0.00766 e. The van der Waals surface area contributed by atoms with E-state index in [2.05, 4.69) is 10.6 Å². The predicted molar refractivity (Wildman–Crippen MR) is 48.8 cm³/mol. The van der Waals surface area contributed by atoms with Crippen molar-refractivity contribution in [3.8, 4) is 0 Å². The monoisotopic (exact) mass is 156 g/mol. The van der Waals surface area contributed by atoms with Gasteiger partial charge in [0.1, 0.15) is 0 Å². The second-order valence-corrected chi connectivity index (χ2v) is 3.44. The Balaban J connectivity index is 1.66. The summed E-state index contributed by atoms with van der Waals surface area (Å²) in [6.45, 7) is 3.41. The van der Waals surface area contributed by atoms with Crippen molar-refractivity contribution in [2.45, 2.75) is 25.7 Å². The first kappa shape index (κ1) is 9.01. The van der Waals surface area contributed by atoms with Crippen LogP contribution in [0, 0.1) is 5.92 Å². The van der Waals surface area contributed by atoms with E-state index >= 15 is 0 Å². The molecule has 0 radical (unpaired) electrons. The highest BCUT2D eigenvalue weighted by atomic mass is 14.9. The summed E-state index contributed by atoms with van der Waals surface area (Å²) in [6.07, 6.45) is 5.81. The van der Waals surface area contributed by atoms with Crippen LogP contribution in [0.3, 0.4) is 0 Å². The topological polar surface area (TPSA) is 24.1 Å². The largest absolute Gasteiger partial charge is 0.318 e. The molecule has 66 valence electrons. The van der Waals surface area contributed by atoms with Crippen molar-refractivity contribution in [1.82, 2.24) is 10.6 Å². The zero-order valence-corrected chi connectivity index (χ0v) is 7.53. The number of nitrogens with one attached hydrogen (secondary N) is 2. The van der Waals surface area contributed by atoms with Crippen molar-refractivity contribution in [3.63, 3.8) is 0 Å². The molecule has 1 rings (SSSR count). The quantitative estimate of drug-likeness (QED) is 0.537. The normalized spacial score (nSPS) is 17.2. The molecule has 1 aliphatic rings. The Bertz CT molecular complexity index is 89.6. The van der Waals surface area contributed by atoms with Gasteiger partial charge in [0.15, 0.2) is 0 Å². The van der Waals surface area contributed by atoms with Gasteiger partial charge in [0.25, 0.3) is 0 Å². The first-order chi connectivity index (χ1) is 5.43. The maximum absolute atomic E-state index is 3.41. The standard InChI is InChI=1S/C9H20N2/c1-10-7-8-11-6-2-3-9-4-5-9/h9-11H,2-8H2,1H3. The fourth-order valence-electron chi connectivity index (χ4n) is 1.26. The Morgan fingerprint density at radius 1 is 1.18 bits per heavy atom. The lowest BCUT2D eigenvalue weighted by atomic mass is 10.2. The smallest absolute Gasteiger partial charge is 0.00766 e. The van der Waals surface area contributed by atoms with Crippen molar-refractivity contribution in [1.29, 1.82) is 0 Å². The molecule has 0 spiro atoms. The van der Waals surface area contributed by atoms with Crippen LogP contribution in [0.4, 0.5) is 0 Å². The second kappa shape index (κ2) is 5.56. The van der Waals surface area contributed by atoms with E-state index in [4.69, 9.17) is 0 Å². The molecule has 2 heteroatoms. The van der Waals surface area contributed by atoms with E-state index in [1.807, 2.05) is 7.05 Å². The van der Waals surface area contributed by atoms with Crippen molar-refractivity contribution < 1.29 is 0 Å². The van der Waals surface area contributed by atoms with Crippen LogP contribution in [0.5, 0.6) is 0 Å². The molecule has 0 aromatic rings. The minimum atomic E-state index is 1.09. The number of rotatable bonds is 7. The van der Waals surface area contributed by atoms with Gasteiger partial charge in [0.2, 0.25) is 0 Å². The minimum absolute atomic E-state index is 1.09. The van der Waals surface area contributed by atoms with Gasteiger partial charge in [-0.15, -0.1) is 0 Å². The highest BCUT2D eigenvalue weighted by molar-refractivity contribution is 4.72. The van der Waals surface area contributed by atoms with Crippen LogP contribution in [-0.4, -0.2) is 26.7 Å². The van der Waals surface area contributed by atoms with Crippen molar-refractivity contribution in [3.05, 3.63) is 0 Å². The van der Waals surface area contributed by atoms with Crippen LogP contribution >= 0.6 is 0 Å². The van der Waals surface area contributed by atoms with Crippen molar-refractivity contribution >= 4 is 0 Å². The summed E-state index contributed by atoms with van der Waals surface area (Å²) < 4.78 is 0. The van der Waals surface area contributed by atoms with Crippen LogP contribution in [-0.2, 0) is 0 Å². The van der Waals surface area contributed by atoms with Gasteiger partial charge in [0.05, 0.1) is 0 Å². The summed E-state index contributed by atoms with van der Waals surface area (Å²) in [4.78, 5) is 0. The highest BCUT2D eigenvalue weighted by Gasteiger charge is 2.19. The number of likely N-dealkylation sites (N-methyl/N-ethyl adjacent to an activating group) is 1. The average Bonchev–Trinajstić information content (AvgIpc) is 2.80. The van der Waals surface area contributed by atoms with Gasteiger partial charge < -0.3 is 10.6 Å². The Morgan fingerprint density at radius 3 is 2.64 bits per heavy atom. The Kier molecular flexibility index (Phi) is 4.55. The molecule has 1 saturated carbocycles. The molecule has 0 aliphatic heterocycles. The summed E-state index contributed by atoms with van der Waals surface area (Å²) in [5, 5.41) is 6.52. The van der Waals surface area contributed by atoms with Crippen LogP contribution in [0.2, 0.25) is 0 Å². The van der Waals surface area contributed by atoms with Crippen LogP contribution < -0.4 is 10.6 Å². The fourth-order valence-corrected chi connectivity index (χ4v) is 1.26. The average molecular weight is 156 g/mol. The van der Waals surface area contributed by atoms with Gasteiger partial charge in [-0.3, -0.25) is 0 Å². The number of hydrogen-bond donors (Lipinski definition) is 2. The third-order valence-electron chi connectivity index (χ3n) is 2.21. The molecule has 1 aliphatic carbocycles. The van der Waals surface area contributed by atoms with E-state index in [-0.39, 0.29) is 0 Å². The molecule has 0 heterocycles. The molecule has 0 unspecified atom stereocenters. The minimum Gasteiger partial charge on any atom is -0.318 e. The van der Waals surface area contributed by atoms with E-state index in [0.29, 0.717) is 0 Å². The Hall–Kier alpha value is -0.0800. The van der Waals surface area contributed by atoms with Gasteiger partial charge in [-0.1, -0.05) is 12.8 Å². The summed E-state index contributed by atoms with van der Waals surface area (Å²) in [7, 11) is 1.99. The molecule has 2 N–H and O–H groups in total. The third kappa shape index (κ3) is 5.22. The molecular weight excluding hydrogens is 136 g/mol. The SMILES string of the molecule is CNCCNCCCC1CC1. The fraction of sp³-hybridized carbons (Fsp3) is 1.00. The van der Waals surface area contributed by atoms with E-state index in [9.17, 15) is 0 Å². The van der Waals surface area contributed by atoms with Gasteiger partial charge in [0, 0.05) is 13.1 Å². The highest BCUT2D eigenvalue weighted by Crippen LogP contribution is 2.33. The predicted octanol–water partition coefficient (Wildman–Crippen LogP) is 0.986. The van der Waals surface area contributed by atoms with Crippen LogP contribution in [0.1, 0.15) is 25.7 Å². The van der Waals surface area contributed by atoms with E-state index in [1.54, 1.807) is 0 Å². The molecule has 0 amide bonds. The van der Waals surface area contributed by atoms with Crippen LogP contribution in [0.15, 0.2) is 0 Å². The first-order valence-corrected chi connectivity index (χ1v) is 4.79. The van der Waals surface area contributed by atoms with Gasteiger partial charge >= 0.3 is 0 Å². The van der Waals surface area contributed by atoms with E-state index in [1.165, 1.54) is 32.2 Å². The summed E-state index contributed by atoms with van der Waals surface area (Å²) in [6, 6.07) is 0. The Labute approximate surface area is 69.8 Å². The van der Waals surface area contributed by atoms with Gasteiger partial charge in [-0.2, -0.15) is 0 Å². The van der Waals surface area contributed by atoms with E-state index < -0.39 is 0 Å². The summed E-state index contributed by atoms with van der Waals surface area (Å²) in [5.74, 6) is 1.10. The molecule has 11 heavy (non-hydrogen) atoms. The third-order valence-corrected chi connectivity index (χ3v) is 2.21. The molecule has 0 bridgehead atoms.